The first-order chi connectivity index (χ1) is 12.4. The van der Waals surface area contributed by atoms with E-state index in [4.69, 9.17) is 11.6 Å². The van der Waals surface area contributed by atoms with Crippen LogP contribution >= 0.6 is 11.6 Å². The number of aryl methyl sites for hydroxylation is 1. The molecule has 1 saturated carbocycles. The van der Waals surface area contributed by atoms with Crippen molar-refractivity contribution in [1.29, 1.82) is 0 Å². The SMILES string of the molecule is Cc1ccc(C(=O)CC(c2ccc(Cl)cc2)C2CC(C)CCC2=O)cc1. The van der Waals surface area contributed by atoms with Crippen LogP contribution in [0, 0.1) is 18.8 Å². The molecular formula is C23H25ClO2. The van der Waals surface area contributed by atoms with Gasteiger partial charge >= 0.3 is 0 Å². The lowest BCUT2D eigenvalue weighted by Crippen LogP contribution is -2.30. The predicted octanol–water partition coefficient (Wildman–Crippen LogP) is 6.01. The summed E-state index contributed by atoms with van der Waals surface area (Å²) in [4.78, 5) is 25.5. The first-order valence-electron chi connectivity index (χ1n) is 9.32. The van der Waals surface area contributed by atoms with E-state index in [2.05, 4.69) is 6.92 Å². The van der Waals surface area contributed by atoms with E-state index in [1.165, 1.54) is 0 Å². The molecule has 1 aliphatic carbocycles. The van der Waals surface area contributed by atoms with Crippen LogP contribution < -0.4 is 0 Å². The molecule has 0 amide bonds. The smallest absolute Gasteiger partial charge is 0.163 e. The summed E-state index contributed by atoms with van der Waals surface area (Å²) in [5.41, 5.74) is 2.88. The van der Waals surface area contributed by atoms with Crippen molar-refractivity contribution in [3.8, 4) is 0 Å². The molecule has 2 nitrogen and oxygen atoms in total. The maximum atomic E-state index is 12.9. The molecule has 0 N–H and O–H groups in total. The zero-order valence-electron chi connectivity index (χ0n) is 15.4. The molecule has 1 fully saturated rings. The number of carbonyl (C=O) groups excluding carboxylic acids is 2. The number of carbonyl (C=O) groups is 2. The average Bonchev–Trinajstić information content (AvgIpc) is 2.63. The Balaban J connectivity index is 1.89. The van der Waals surface area contributed by atoms with Gasteiger partial charge in [-0.2, -0.15) is 0 Å². The molecule has 3 rings (SSSR count). The Labute approximate surface area is 160 Å². The highest BCUT2D eigenvalue weighted by molar-refractivity contribution is 6.30. The molecule has 26 heavy (non-hydrogen) atoms. The van der Waals surface area contributed by atoms with E-state index in [-0.39, 0.29) is 17.6 Å². The molecular weight excluding hydrogens is 344 g/mol. The Morgan fingerprint density at radius 2 is 1.77 bits per heavy atom. The molecule has 2 aromatic rings. The number of halogens is 1. The molecule has 2 aromatic carbocycles. The molecule has 0 spiro atoms. The quantitative estimate of drug-likeness (QED) is 0.605. The molecule has 0 saturated heterocycles. The summed E-state index contributed by atoms with van der Waals surface area (Å²) in [7, 11) is 0. The lowest BCUT2D eigenvalue weighted by molar-refractivity contribution is -0.126. The Hall–Kier alpha value is -1.93. The van der Waals surface area contributed by atoms with Gasteiger partial charge < -0.3 is 0 Å². The largest absolute Gasteiger partial charge is 0.299 e. The van der Waals surface area contributed by atoms with E-state index in [1.807, 2.05) is 55.5 Å². The Morgan fingerprint density at radius 3 is 2.42 bits per heavy atom. The molecule has 0 aliphatic heterocycles. The number of hydrogen-bond donors (Lipinski definition) is 0. The standard InChI is InChI=1S/C23H25ClO2/c1-15-3-6-18(7-4-15)23(26)14-20(17-8-10-19(24)11-9-17)21-13-16(2)5-12-22(21)25/h3-4,6-11,16,20-21H,5,12-14H2,1-2H3. The lowest BCUT2D eigenvalue weighted by Gasteiger charge is -2.32. The third-order valence-corrected chi connectivity index (χ3v) is 5.77. The lowest BCUT2D eigenvalue weighted by atomic mass is 9.70. The molecule has 3 heteroatoms. The molecule has 3 atom stereocenters. The van der Waals surface area contributed by atoms with Crippen LogP contribution in [0.3, 0.4) is 0 Å². The third kappa shape index (κ3) is 4.42. The van der Waals surface area contributed by atoms with Gasteiger partial charge in [0.2, 0.25) is 0 Å². The summed E-state index contributed by atoms with van der Waals surface area (Å²) in [6.07, 6.45) is 2.78. The highest BCUT2D eigenvalue weighted by Gasteiger charge is 2.35. The van der Waals surface area contributed by atoms with Crippen LogP contribution in [0.2, 0.25) is 5.02 Å². The Morgan fingerprint density at radius 1 is 1.12 bits per heavy atom. The van der Waals surface area contributed by atoms with Crippen molar-refractivity contribution in [2.24, 2.45) is 11.8 Å². The highest BCUT2D eigenvalue weighted by atomic mass is 35.5. The Bertz CT molecular complexity index is 777. The highest BCUT2D eigenvalue weighted by Crippen LogP contribution is 2.39. The van der Waals surface area contributed by atoms with Crippen LogP contribution in [0.5, 0.6) is 0 Å². The van der Waals surface area contributed by atoms with Crippen LogP contribution in [0.15, 0.2) is 48.5 Å². The van der Waals surface area contributed by atoms with Crippen molar-refractivity contribution < 1.29 is 9.59 Å². The minimum absolute atomic E-state index is 0.0867. The topological polar surface area (TPSA) is 34.1 Å². The van der Waals surface area contributed by atoms with Crippen molar-refractivity contribution in [3.63, 3.8) is 0 Å². The van der Waals surface area contributed by atoms with E-state index in [1.54, 1.807) is 0 Å². The molecule has 3 unspecified atom stereocenters. The summed E-state index contributed by atoms with van der Waals surface area (Å²) in [6.45, 7) is 4.20. The molecule has 0 aromatic heterocycles. The maximum Gasteiger partial charge on any atom is 0.163 e. The zero-order valence-corrected chi connectivity index (χ0v) is 16.1. The van der Waals surface area contributed by atoms with E-state index in [0.717, 1.165) is 24.0 Å². The van der Waals surface area contributed by atoms with E-state index in [0.29, 0.717) is 35.1 Å². The van der Waals surface area contributed by atoms with Crippen molar-refractivity contribution >= 4 is 23.2 Å². The molecule has 0 radical (unpaired) electrons. The van der Waals surface area contributed by atoms with Crippen LogP contribution in [0.4, 0.5) is 0 Å². The van der Waals surface area contributed by atoms with Crippen molar-refractivity contribution in [1.82, 2.24) is 0 Å². The van der Waals surface area contributed by atoms with Gasteiger partial charge in [0.1, 0.15) is 5.78 Å². The minimum Gasteiger partial charge on any atom is -0.299 e. The minimum atomic E-state index is -0.0886. The van der Waals surface area contributed by atoms with Crippen molar-refractivity contribution in [2.45, 2.75) is 45.4 Å². The normalized spacial score (nSPS) is 21.4. The number of benzene rings is 2. The first-order valence-corrected chi connectivity index (χ1v) is 9.70. The second kappa shape index (κ2) is 8.18. The second-order valence-corrected chi connectivity index (χ2v) is 8.04. The van der Waals surface area contributed by atoms with Gasteiger partial charge in [0, 0.05) is 35.3 Å². The zero-order chi connectivity index (χ0) is 18.7. The number of ketones is 2. The van der Waals surface area contributed by atoms with E-state index < -0.39 is 0 Å². The van der Waals surface area contributed by atoms with Crippen molar-refractivity contribution in [2.75, 3.05) is 0 Å². The van der Waals surface area contributed by atoms with Gasteiger partial charge in [0.15, 0.2) is 5.78 Å². The third-order valence-electron chi connectivity index (χ3n) is 5.52. The second-order valence-electron chi connectivity index (χ2n) is 7.60. The fraction of sp³-hybridized carbons (Fsp3) is 0.391. The summed E-state index contributed by atoms with van der Waals surface area (Å²) in [5, 5.41) is 0.667. The van der Waals surface area contributed by atoms with E-state index in [9.17, 15) is 9.59 Å². The van der Waals surface area contributed by atoms with E-state index >= 15 is 0 Å². The van der Waals surface area contributed by atoms with Gasteiger partial charge in [-0.25, -0.2) is 0 Å². The van der Waals surface area contributed by atoms with Crippen LogP contribution in [0.1, 0.15) is 60.0 Å². The van der Waals surface area contributed by atoms with Gasteiger partial charge in [0.25, 0.3) is 0 Å². The van der Waals surface area contributed by atoms with Crippen LogP contribution in [0.25, 0.3) is 0 Å². The van der Waals surface area contributed by atoms with Gasteiger partial charge in [-0.1, -0.05) is 60.5 Å². The number of rotatable bonds is 5. The number of hydrogen-bond acceptors (Lipinski definition) is 2. The van der Waals surface area contributed by atoms with Gasteiger partial charge in [0.05, 0.1) is 0 Å². The predicted molar refractivity (Wildman–Crippen MR) is 106 cm³/mol. The Kier molecular flexibility index (Phi) is 5.93. The van der Waals surface area contributed by atoms with Crippen LogP contribution in [-0.4, -0.2) is 11.6 Å². The van der Waals surface area contributed by atoms with Crippen LogP contribution in [-0.2, 0) is 4.79 Å². The summed E-state index contributed by atoms with van der Waals surface area (Å²) < 4.78 is 0. The average molecular weight is 369 g/mol. The number of Topliss-reactive ketones (excluding diaryl/α,β-unsaturated/α-hetero) is 2. The summed E-state index contributed by atoms with van der Waals surface area (Å²) >= 11 is 6.04. The molecule has 1 aliphatic rings. The fourth-order valence-electron chi connectivity index (χ4n) is 3.90. The maximum absolute atomic E-state index is 12.9. The summed E-state index contributed by atoms with van der Waals surface area (Å²) in [5.74, 6) is 0.725. The fourth-order valence-corrected chi connectivity index (χ4v) is 4.03. The molecule has 0 bridgehead atoms. The van der Waals surface area contributed by atoms with Crippen molar-refractivity contribution in [3.05, 3.63) is 70.2 Å². The molecule has 136 valence electrons. The monoisotopic (exact) mass is 368 g/mol. The first kappa shape index (κ1) is 18.8. The van der Waals surface area contributed by atoms with Gasteiger partial charge in [-0.15, -0.1) is 0 Å². The van der Waals surface area contributed by atoms with Gasteiger partial charge in [-0.3, -0.25) is 9.59 Å². The summed E-state index contributed by atoms with van der Waals surface area (Å²) in [6, 6.07) is 15.3. The van der Waals surface area contributed by atoms with Gasteiger partial charge in [-0.05, 0) is 43.4 Å². The molecule has 0 heterocycles.